The molecule has 0 radical (unpaired) electrons. The van der Waals surface area contributed by atoms with Crippen LogP contribution in [0.2, 0.25) is 0 Å². The molecule has 7 nitrogen and oxygen atoms in total. The number of hydrogen-bond donors (Lipinski definition) is 1. The van der Waals surface area contributed by atoms with Crippen LogP contribution < -0.4 is 11.4 Å². The van der Waals surface area contributed by atoms with Crippen molar-refractivity contribution in [3.63, 3.8) is 0 Å². The summed E-state index contributed by atoms with van der Waals surface area (Å²) in [6.07, 6.45) is 0. The molecular formula is C12H9N3O4S2. The quantitative estimate of drug-likeness (QED) is 0.720. The van der Waals surface area contributed by atoms with Gasteiger partial charge >= 0.3 is 5.63 Å². The van der Waals surface area contributed by atoms with E-state index >= 15 is 0 Å². The molecule has 0 bridgehead atoms. The number of benzene rings is 1. The van der Waals surface area contributed by atoms with E-state index in [2.05, 4.69) is 9.36 Å². The molecular weight excluding hydrogens is 314 g/mol. The summed E-state index contributed by atoms with van der Waals surface area (Å²) in [6, 6.07) is 8.37. The topological polar surface area (TPSA) is 116 Å². The second kappa shape index (κ2) is 4.93. The molecule has 0 aliphatic carbocycles. The van der Waals surface area contributed by atoms with E-state index in [4.69, 9.17) is 10.2 Å². The van der Waals surface area contributed by atoms with Crippen LogP contribution >= 0.6 is 11.5 Å². The zero-order chi connectivity index (χ0) is 15.0. The number of para-hydroxylation sites is 1. The zero-order valence-electron chi connectivity index (χ0n) is 10.5. The maximum absolute atomic E-state index is 12.2. The van der Waals surface area contributed by atoms with Crippen molar-refractivity contribution in [2.45, 2.75) is 10.1 Å². The minimum Gasteiger partial charge on any atom is -0.423 e. The molecule has 2 heterocycles. The number of nitrogens with two attached hydrogens (primary N) is 1. The molecule has 0 saturated carbocycles. The Bertz CT molecular complexity index is 975. The van der Waals surface area contributed by atoms with Crippen molar-refractivity contribution in [1.82, 2.24) is 9.36 Å². The highest BCUT2D eigenvalue weighted by Gasteiger charge is 2.22. The van der Waals surface area contributed by atoms with E-state index in [1.807, 2.05) is 0 Å². The van der Waals surface area contributed by atoms with E-state index in [0.717, 1.165) is 0 Å². The molecule has 3 rings (SSSR count). The molecule has 0 aliphatic heterocycles. The number of rotatable bonds is 3. The van der Waals surface area contributed by atoms with Crippen LogP contribution in [0.4, 0.5) is 5.95 Å². The summed E-state index contributed by atoms with van der Waals surface area (Å²) in [7, 11) is -3.78. The minimum absolute atomic E-state index is 0.0440. The number of hydrogen-bond acceptors (Lipinski definition) is 8. The number of anilines is 1. The van der Waals surface area contributed by atoms with Gasteiger partial charge in [0.1, 0.15) is 5.58 Å². The molecule has 0 saturated heterocycles. The van der Waals surface area contributed by atoms with E-state index in [-0.39, 0.29) is 15.9 Å². The molecule has 0 unspecified atom stereocenters. The van der Waals surface area contributed by atoms with E-state index in [1.165, 1.54) is 6.07 Å². The van der Waals surface area contributed by atoms with Crippen molar-refractivity contribution in [1.29, 1.82) is 0 Å². The first-order chi connectivity index (χ1) is 9.95. The van der Waals surface area contributed by atoms with Crippen LogP contribution in [-0.4, -0.2) is 17.8 Å². The maximum Gasteiger partial charge on any atom is 0.340 e. The molecule has 2 N–H and O–H groups in total. The van der Waals surface area contributed by atoms with Crippen LogP contribution in [-0.2, 0) is 15.6 Å². The lowest BCUT2D eigenvalue weighted by Gasteiger charge is -2.01. The Balaban J connectivity index is 2.05. The highest BCUT2D eigenvalue weighted by Crippen LogP contribution is 2.20. The Morgan fingerprint density at radius 2 is 2.05 bits per heavy atom. The summed E-state index contributed by atoms with van der Waals surface area (Å²) in [6.45, 7) is 0. The van der Waals surface area contributed by atoms with Gasteiger partial charge in [0, 0.05) is 16.9 Å². The van der Waals surface area contributed by atoms with Crippen molar-refractivity contribution < 1.29 is 12.8 Å². The minimum atomic E-state index is -3.78. The highest BCUT2D eigenvalue weighted by molar-refractivity contribution is 7.92. The predicted molar refractivity (Wildman–Crippen MR) is 77.7 cm³/mol. The summed E-state index contributed by atoms with van der Waals surface area (Å²) in [5.74, 6) is -0.612. The molecule has 2 aromatic heterocycles. The van der Waals surface area contributed by atoms with Gasteiger partial charge < -0.3 is 10.2 Å². The molecule has 0 atom stereocenters. The average Bonchev–Trinajstić information content (AvgIpc) is 2.87. The first-order valence-electron chi connectivity index (χ1n) is 5.79. The average molecular weight is 323 g/mol. The smallest absolute Gasteiger partial charge is 0.340 e. The van der Waals surface area contributed by atoms with Crippen molar-refractivity contribution in [3.05, 3.63) is 46.3 Å². The molecule has 21 heavy (non-hydrogen) atoms. The Hall–Kier alpha value is -2.26. The molecule has 0 aliphatic rings. The molecule has 108 valence electrons. The highest BCUT2D eigenvalue weighted by atomic mass is 32.2. The van der Waals surface area contributed by atoms with Gasteiger partial charge in [-0.1, -0.05) is 18.2 Å². The fraction of sp³-hybridized carbons (Fsp3) is 0.0833. The van der Waals surface area contributed by atoms with Crippen molar-refractivity contribution in [2.75, 3.05) is 5.73 Å². The summed E-state index contributed by atoms with van der Waals surface area (Å²) in [4.78, 5) is 15.5. The van der Waals surface area contributed by atoms with E-state index < -0.39 is 21.2 Å². The lowest BCUT2D eigenvalue weighted by atomic mass is 10.2. The van der Waals surface area contributed by atoms with Crippen LogP contribution in [0.15, 0.2) is 43.9 Å². The molecule has 9 heteroatoms. The largest absolute Gasteiger partial charge is 0.423 e. The molecule has 0 fully saturated rings. The monoisotopic (exact) mass is 323 g/mol. The zero-order valence-corrected chi connectivity index (χ0v) is 12.1. The van der Waals surface area contributed by atoms with Crippen LogP contribution in [0, 0.1) is 0 Å². The third-order valence-corrected chi connectivity index (χ3v) is 5.57. The van der Waals surface area contributed by atoms with Gasteiger partial charge in [-0.05, 0) is 12.1 Å². The van der Waals surface area contributed by atoms with Crippen LogP contribution in [0.5, 0.6) is 0 Å². The number of nitrogens with zero attached hydrogens (tertiary/aromatic N) is 2. The van der Waals surface area contributed by atoms with Crippen molar-refractivity contribution >= 4 is 38.3 Å². The van der Waals surface area contributed by atoms with Gasteiger partial charge in [0.2, 0.25) is 20.1 Å². The van der Waals surface area contributed by atoms with Gasteiger partial charge in [0.25, 0.3) is 0 Å². The Labute approximate surface area is 123 Å². The van der Waals surface area contributed by atoms with Crippen molar-refractivity contribution in [3.8, 4) is 0 Å². The molecule has 0 amide bonds. The second-order valence-electron chi connectivity index (χ2n) is 4.27. The summed E-state index contributed by atoms with van der Waals surface area (Å²) in [5.41, 5.74) is 5.08. The fourth-order valence-corrected chi connectivity index (χ4v) is 3.87. The van der Waals surface area contributed by atoms with Gasteiger partial charge in [-0.25, -0.2) is 13.2 Å². The lowest BCUT2D eigenvalue weighted by molar-refractivity contribution is 0.550. The Morgan fingerprint density at radius 3 is 2.76 bits per heavy atom. The summed E-state index contributed by atoms with van der Waals surface area (Å²) in [5, 5.41) is 0.652. The summed E-state index contributed by atoms with van der Waals surface area (Å²) >= 11 is 0.678. The number of aromatic nitrogens is 2. The van der Waals surface area contributed by atoms with E-state index in [0.29, 0.717) is 22.5 Å². The first kappa shape index (κ1) is 13.7. The fourth-order valence-electron chi connectivity index (χ4n) is 1.82. The van der Waals surface area contributed by atoms with Crippen LogP contribution in [0.3, 0.4) is 0 Å². The molecule has 1 aromatic carbocycles. The van der Waals surface area contributed by atoms with Gasteiger partial charge in [0.05, 0.1) is 11.3 Å². The standard InChI is InChI=1S/C12H9N3O4S2/c13-11-14-12(20-15-11)21(17,18)6-8-5-7-3-1-2-4-9(7)19-10(8)16/h1-5H,6H2,(H2,13,15). The Kier molecular flexibility index (Phi) is 3.22. The number of nitrogen functional groups attached to an aromatic ring is 1. The van der Waals surface area contributed by atoms with Gasteiger partial charge in [-0.3, -0.25) is 0 Å². The van der Waals surface area contributed by atoms with Crippen molar-refractivity contribution in [2.24, 2.45) is 0 Å². The van der Waals surface area contributed by atoms with Gasteiger partial charge in [-0.2, -0.15) is 9.36 Å². The lowest BCUT2D eigenvalue weighted by Crippen LogP contribution is -2.13. The maximum atomic E-state index is 12.2. The van der Waals surface area contributed by atoms with E-state index in [9.17, 15) is 13.2 Å². The van der Waals surface area contributed by atoms with E-state index in [1.54, 1.807) is 24.3 Å². The van der Waals surface area contributed by atoms with Crippen LogP contribution in [0.25, 0.3) is 11.0 Å². The number of sulfone groups is 1. The normalized spacial score (nSPS) is 11.8. The summed E-state index contributed by atoms with van der Waals surface area (Å²) < 4.78 is 32.9. The Morgan fingerprint density at radius 1 is 1.29 bits per heavy atom. The number of fused-ring (bicyclic) bond motifs is 1. The third kappa shape index (κ3) is 2.65. The first-order valence-corrected chi connectivity index (χ1v) is 8.22. The second-order valence-corrected chi connectivity index (χ2v) is 7.19. The third-order valence-electron chi connectivity index (χ3n) is 2.75. The van der Waals surface area contributed by atoms with Crippen LogP contribution in [0.1, 0.15) is 5.56 Å². The van der Waals surface area contributed by atoms with Gasteiger partial charge in [0.15, 0.2) is 0 Å². The SMILES string of the molecule is Nc1nsc(S(=O)(=O)Cc2cc3ccccc3oc2=O)n1. The predicted octanol–water partition coefficient (Wildman–Crippen LogP) is 1.20. The molecule has 3 aromatic rings. The molecule has 0 spiro atoms. The van der Waals surface area contributed by atoms with Gasteiger partial charge in [-0.15, -0.1) is 0 Å².